The van der Waals surface area contributed by atoms with Gasteiger partial charge in [-0.1, -0.05) is 0 Å². The van der Waals surface area contributed by atoms with Crippen molar-refractivity contribution in [2.75, 3.05) is 6.61 Å². The van der Waals surface area contributed by atoms with Gasteiger partial charge < -0.3 is 9.30 Å². The number of aromatic nitrogens is 3. The first-order valence-electron chi connectivity index (χ1n) is 7.97. The molecule has 26 heavy (non-hydrogen) atoms. The van der Waals surface area contributed by atoms with Crippen LogP contribution in [0.25, 0.3) is 22.0 Å². The largest absolute Gasteiger partial charge is 0.462 e. The Hall–Kier alpha value is -3.16. The summed E-state index contributed by atoms with van der Waals surface area (Å²) in [7, 11) is 0. The predicted octanol–water partition coefficient (Wildman–Crippen LogP) is 2.93. The third-order valence-corrected chi connectivity index (χ3v) is 3.94. The number of hydrogen-bond donors (Lipinski definition) is 0. The molecule has 0 atom stereocenters. The molecule has 0 saturated carbocycles. The van der Waals surface area contributed by atoms with Crippen LogP contribution in [0.2, 0.25) is 0 Å². The van der Waals surface area contributed by atoms with Crippen LogP contribution in [0.1, 0.15) is 24.2 Å². The average Bonchev–Trinajstić information content (AvgIpc) is 2.63. The van der Waals surface area contributed by atoms with E-state index in [1.54, 1.807) is 13.8 Å². The second-order valence-electron chi connectivity index (χ2n) is 5.45. The number of pyridine rings is 1. The van der Waals surface area contributed by atoms with Crippen LogP contribution in [0.5, 0.6) is 0 Å². The number of ether oxygens (including phenoxy) is 1. The maximum atomic E-state index is 15.2. The Labute approximate surface area is 147 Å². The Morgan fingerprint density at radius 3 is 2.54 bits per heavy atom. The summed E-state index contributed by atoms with van der Waals surface area (Å²) in [6, 6.07) is 0.929. The van der Waals surface area contributed by atoms with E-state index in [1.165, 1.54) is 29.5 Å². The Balaban J connectivity index is 2.38. The van der Waals surface area contributed by atoms with Crippen molar-refractivity contribution in [3.8, 4) is 11.1 Å². The topological polar surface area (TPSA) is 74.1 Å². The van der Waals surface area contributed by atoms with Crippen molar-refractivity contribution in [3.05, 3.63) is 58.4 Å². The lowest BCUT2D eigenvalue weighted by molar-refractivity contribution is 0.0524. The van der Waals surface area contributed by atoms with Crippen molar-refractivity contribution >= 4 is 16.9 Å². The van der Waals surface area contributed by atoms with Crippen molar-refractivity contribution in [1.29, 1.82) is 0 Å². The number of rotatable bonds is 4. The molecular weight excluding hydrogens is 344 g/mol. The summed E-state index contributed by atoms with van der Waals surface area (Å²) >= 11 is 0. The first-order chi connectivity index (χ1) is 12.5. The highest BCUT2D eigenvalue weighted by molar-refractivity contribution is 5.95. The molecule has 0 aliphatic heterocycles. The summed E-state index contributed by atoms with van der Waals surface area (Å²) in [4.78, 5) is 32.1. The fourth-order valence-electron chi connectivity index (χ4n) is 2.78. The third kappa shape index (κ3) is 2.83. The van der Waals surface area contributed by atoms with Crippen molar-refractivity contribution in [2.45, 2.75) is 20.4 Å². The van der Waals surface area contributed by atoms with Gasteiger partial charge in [0.15, 0.2) is 5.82 Å². The second kappa shape index (κ2) is 6.99. The summed E-state index contributed by atoms with van der Waals surface area (Å²) in [5, 5.41) is -0.229. The van der Waals surface area contributed by atoms with E-state index >= 15 is 4.39 Å². The van der Waals surface area contributed by atoms with Gasteiger partial charge in [-0.05, 0) is 19.9 Å². The SMILES string of the molecule is CCOC(=O)c1cn(CC)c2c(F)c(-c3cncnc3)c(F)cc2c1=O. The van der Waals surface area contributed by atoms with E-state index in [9.17, 15) is 14.0 Å². The smallest absolute Gasteiger partial charge is 0.343 e. The quantitative estimate of drug-likeness (QED) is 0.670. The number of carbonyl (C=O) groups excluding carboxylic acids is 1. The first kappa shape index (κ1) is 17.7. The zero-order valence-corrected chi connectivity index (χ0v) is 14.1. The predicted molar refractivity (Wildman–Crippen MR) is 90.8 cm³/mol. The highest BCUT2D eigenvalue weighted by Gasteiger charge is 2.23. The maximum absolute atomic E-state index is 15.2. The number of aryl methyl sites for hydroxylation is 1. The van der Waals surface area contributed by atoms with E-state index in [-0.39, 0.29) is 40.7 Å². The number of esters is 1. The van der Waals surface area contributed by atoms with Gasteiger partial charge in [0.05, 0.1) is 23.1 Å². The normalized spacial score (nSPS) is 10.9. The Morgan fingerprint density at radius 1 is 1.23 bits per heavy atom. The van der Waals surface area contributed by atoms with E-state index in [0.29, 0.717) is 0 Å². The van der Waals surface area contributed by atoms with E-state index < -0.39 is 23.0 Å². The number of hydrogen-bond acceptors (Lipinski definition) is 5. The molecule has 0 spiro atoms. The molecule has 134 valence electrons. The standard InChI is InChI=1S/C18H15F2N3O3/c1-3-23-8-12(18(25)26-4-2)17(24)11-5-13(19)14(15(20)16(11)23)10-6-21-9-22-7-10/h5-9H,3-4H2,1-2H3. The summed E-state index contributed by atoms with van der Waals surface area (Å²) in [6.45, 7) is 3.66. The van der Waals surface area contributed by atoms with E-state index in [4.69, 9.17) is 4.74 Å². The molecule has 3 rings (SSSR count). The third-order valence-electron chi connectivity index (χ3n) is 3.94. The molecule has 3 aromatic rings. The molecule has 0 aliphatic rings. The lowest BCUT2D eigenvalue weighted by Gasteiger charge is -2.14. The molecule has 1 aromatic carbocycles. The molecule has 0 fully saturated rings. The second-order valence-corrected chi connectivity index (χ2v) is 5.45. The Bertz CT molecular complexity index is 1050. The molecule has 0 N–H and O–H groups in total. The maximum Gasteiger partial charge on any atom is 0.343 e. The monoisotopic (exact) mass is 359 g/mol. The van der Waals surface area contributed by atoms with Gasteiger partial charge in [0.1, 0.15) is 17.7 Å². The van der Waals surface area contributed by atoms with Gasteiger partial charge in [-0.2, -0.15) is 0 Å². The molecule has 0 radical (unpaired) electrons. The minimum absolute atomic E-state index is 0.0815. The molecule has 0 aliphatic carbocycles. The molecule has 0 amide bonds. The molecule has 0 bridgehead atoms. The van der Waals surface area contributed by atoms with Crippen molar-refractivity contribution in [3.63, 3.8) is 0 Å². The number of carbonyl (C=O) groups is 1. The van der Waals surface area contributed by atoms with E-state index in [0.717, 1.165) is 6.07 Å². The van der Waals surface area contributed by atoms with Crippen LogP contribution in [0.4, 0.5) is 8.78 Å². The van der Waals surface area contributed by atoms with Crippen LogP contribution in [0, 0.1) is 11.6 Å². The van der Waals surface area contributed by atoms with Crippen LogP contribution in [-0.4, -0.2) is 27.1 Å². The minimum atomic E-state index is -0.939. The molecule has 8 heteroatoms. The highest BCUT2D eigenvalue weighted by Crippen LogP contribution is 2.30. The van der Waals surface area contributed by atoms with Crippen molar-refractivity contribution in [1.82, 2.24) is 14.5 Å². The van der Waals surface area contributed by atoms with Gasteiger partial charge in [-0.3, -0.25) is 4.79 Å². The summed E-state index contributed by atoms with van der Waals surface area (Å²) in [5.41, 5.74) is -1.32. The van der Waals surface area contributed by atoms with Crippen LogP contribution in [0.15, 0.2) is 35.8 Å². The number of fused-ring (bicyclic) bond motifs is 1. The molecule has 6 nitrogen and oxygen atoms in total. The summed E-state index contributed by atoms with van der Waals surface area (Å²) in [5.74, 6) is -2.68. The van der Waals surface area contributed by atoms with Crippen LogP contribution < -0.4 is 5.43 Å². The molecule has 2 aromatic heterocycles. The minimum Gasteiger partial charge on any atom is -0.462 e. The van der Waals surface area contributed by atoms with Crippen LogP contribution >= 0.6 is 0 Å². The van der Waals surface area contributed by atoms with Gasteiger partial charge in [-0.15, -0.1) is 0 Å². The average molecular weight is 359 g/mol. The summed E-state index contributed by atoms with van der Waals surface area (Å²) < 4.78 is 36.0. The number of benzene rings is 1. The van der Waals surface area contributed by atoms with Crippen molar-refractivity contribution < 1.29 is 18.3 Å². The fourth-order valence-corrected chi connectivity index (χ4v) is 2.78. The van der Waals surface area contributed by atoms with E-state index in [2.05, 4.69) is 9.97 Å². The lowest BCUT2D eigenvalue weighted by Crippen LogP contribution is -2.21. The van der Waals surface area contributed by atoms with Gasteiger partial charge in [0.25, 0.3) is 0 Å². The Kier molecular flexibility index (Phi) is 4.75. The zero-order chi connectivity index (χ0) is 18.8. The van der Waals surface area contributed by atoms with Gasteiger partial charge in [0, 0.05) is 30.7 Å². The van der Waals surface area contributed by atoms with Gasteiger partial charge in [-0.25, -0.2) is 23.5 Å². The summed E-state index contributed by atoms with van der Waals surface area (Å²) in [6.07, 6.45) is 5.03. The van der Waals surface area contributed by atoms with Crippen molar-refractivity contribution in [2.24, 2.45) is 0 Å². The lowest BCUT2D eigenvalue weighted by atomic mass is 10.0. The van der Waals surface area contributed by atoms with E-state index in [1.807, 2.05) is 0 Å². The van der Waals surface area contributed by atoms with Gasteiger partial charge in [0.2, 0.25) is 5.43 Å². The molecule has 2 heterocycles. The molecule has 0 unspecified atom stereocenters. The highest BCUT2D eigenvalue weighted by atomic mass is 19.1. The fraction of sp³-hybridized carbons (Fsp3) is 0.222. The zero-order valence-electron chi connectivity index (χ0n) is 14.1. The van der Waals surface area contributed by atoms with Crippen LogP contribution in [-0.2, 0) is 11.3 Å². The van der Waals surface area contributed by atoms with Gasteiger partial charge >= 0.3 is 5.97 Å². The van der Waals surface area contributed by atoms with Crippen LogP contribution in [0.3, 0.4) is 0 Å². The Morgan fingerprint density at radius 2 is 1.92 bits per heavy atom. The number of nitrogens with zero attached hydrogens (tertiary/aromatic N) is 3. The number of halogens is 2. The molecular formula is C18H15F2N3O3. The molecule has 0 saturated heterocycles. The first-order valence-corrected chi connectivity index (χ1v) is 7.97.